The Morgan fingerprint density at radius 3 is 2.46 bits per heavy atom. The van der Waals surface area contributed by atoms with Crippen molar-refractivity contribution in [2.75, 3.05) is 20.6 Å². The van der Waals surface area contributed by atoms with E-state index in [4.69, 9.17) is 16.3 Å². The molecule has 5 heteroatoms. The number of halogens is 2. The van der Waals surface area contributed by atoms with Gasteiger partial charge in [-0.15, -0.1) is 12.4 Å². The molecule has 0 amide bonds. The van der Waals surface area contributed by atoms with E-state index >= 15 is 0 Å². The van der Waals surface area contributed by atoms with Gasteiger partial charge in [-0.1, -0.05) is 41.9 Å². The molecule has 2 aromatic rings. The molecule has 1 aliphatic heterocycles. The summed E-state index contributed by atoms with van der Waals surface area (Å²) in [5.41, 5.74) is 2.06. The summed E-state index contributed by atoms with van der Waals surface area (Å²) in [5.74, 6) is -0.249. The first-order valence-corrected chi connectivity index (χ1v) is 8.10. The van der Waals surface area contributed by atoms with Gasteiger partial charge in [0.25, 0.3) is 0 Å². The maximum Gasteiger partial charge on any atom is 0.339 e. The van der Waals surface area contributed by atoms with Crippen LogP contribution >= 0.6 is 24.0 Å². The van der Waals surface area contributed by atoms with Gasteiger partial charge < -0.3 is 9.64 Å². The number of hydrogen-bond acceptors (Lipinski definition) is 3. The molecule has 1 atom stereocenters. The van der Waals surface area contributed by atoms with Crippen molar-refractivity contribution in [3.8, 4) is 0 Å². The molecule has 3 nitrogen and oxygen atoms in total. The maximum atomic E-state index is 12.5. The zero-order chi connectivity index (χ0) is 16.4. The Labute approximate surface area is 154 Å². The van der Waals surface area contributed by atoms with Crippen LogP contribution in [-0.4, -0.2) is 31.5 Å². The lowest BCUT2D eigenvalue weighted by Gasteiger charge is -2.38. The van der Waals surface area contributed by atoms with Gasteiger partial charge in [0.1, 0.15) is 5.60 Å². The first kappa shape index (κ1) is 18.8. The van der Waals surface area contributed by atoms with Crippen LogP contribution in [0.2, 0.25) is 5.02 Å². The third-order valence-electron chi connectivity index (χ3n) is 4.33. The lowest BCUT2D eigenvalue weighted by molar-refractivity contribution is -0.0355. The average molecular weight is 366 g/mol. The Morgan fingerprint density at radius 1 is 1.12 bits per heavy atom. The summed E-state index contributed by atoms with van der Waals surface area (Å²) >= 11 is 6.02. The fraction of sp³-hybridized carbons (Fsp3) is 0.316. The molecule has 0 radical (unpaired) electrons. The molecule has 0 fully saturated rings. The molecule has 1 unspecified atom stereocenters. The van der Waals surface area contributed by atoms with Crippen LogP contribution in [0.15, 0.2) is 48.5 Å². The van der Waals surface area contributed by atoms with Crippen molar-refractivity contribution in [1.29, 1.82) is 0 Å². The van der Waals surface area contributed by atoms with Crippen LogP contribution in [0.25, 0.3) is 0 Å². The van der Waals surface area contributed by atoms with Gasteiger partial charge in [-0.05, 0) is 43.4 Å². The number of carbonyl (C=O) groups is 1. The van der Waals surface area contributed by atoms with E-state index in [1.165, 1.54) is 0 Å². The van der Waals surface area contributed by atoms with Crippen molar-refractivity contribution >= 4 is 30.0 Å². The lowest BCUT2D eigenvalue weighted by Crippen LogP contribution is -2.41. The van der Waals surface area contributed by atoms with Crippen molar-refractivity contribution < 1.29 is 9.53 Å². The first-order chi connectivity index (χ1) is 11.0. The van der Waals surface area contributed by atoms with Crippen molar-refractivity contribution in [3.05, 3.63) is 70.2 Å². The zero-order valence-corrected chi connectivity index (χ0v) is 15.4. The number of cyclic esters (lactones) is 1. The van der Waals surface area contributed by atoms with Crippen LogP contribution in [0.3, 0.4) is 0 Å². The van der Waals surface area contributed by atoms with Gasteiger partial charge in [0, 0.05) is 24.4 Å². The number of benzene rings is 2. The van der Waals surface area contributed by atoms with Crippen LogP contribution in [-0.2, 0) is 16.8 Å². The molecule has 1 heterocycles. The highest BCUT2D eigenvalue weighted by molar-refractivity contribution is 6.30. The molecule has 0 spiro atoms. The number of esters is 1. The molecule has 0 N–H and O–H groups in total. The number of fused-ring (bicyclic) bond motifs is 1. The second-order valence-corrected chi connectivity index (χ2v) is 6.71. The summed E-state index contributed by atoms with van der Waals surface area (Å²) in [5, 5.41) is 0.680. The molecule has 1 aliphatic rings. The van der Waals surface area contributed by atoms with Crippen molar-refractivity contribution in [3.63, 3.8) is 0 Å². The Bertz CT molecular complexity index is 716. The minimum absolute atomic E-state index is 0. The fourth-order valence-electron chi connectivity index (χ4n) is 3.05. The van der Waals surface area contributed by atoms with Gasteiger partial charge in [-0.2, -0.15) is 0 Å². The van der Waals surface area contributed by atoms with E-state index in [0.717, 1.165) is 24.1 Å². The van der Waals surface area contributed by atoms with E-state index < -0.39 is 5.60 Å². The van der Waals surface area contributed by atoms with E-state index in [2.05, 4.69) is 4.90 Å². The van der Waals surface area contributed by atoms with Crippen LogP contribution < -0.4 is 0 Å². The van der Waals surface area contributed by atoms with E-state index in [9.17, 15) is 4.79 Å². The van der Waals surface area contributed by atoms with Gasteiger partial charge in [-0.3, -0.25) is 0 Å². The van der Waals surface area contributed by atoms with Gasteiger partial charge in [0.15, 0.2) is 0 Å². The van der Waals surface area contributed by atoms with Gasteiger partial charge >= 0.3 is 5.97 Å². The zero-order valence-electron chi connectivity index (χ0n) is 13.8. The van der Waals surface area contributed by atoms with Crippen LogP contribution in [0, 0.1) is 0 Å². The highest BCUT2D eigenvalue weighted by Crippen LogP contribution is 2.39. The minimum Gasteiger partial charge on any atom is -0.450 e. The second kappa shape index (κ2) is 7.56. The molecule has 0 saturated heterocycles. The SMILES string of the molecule is CN(C)CCC1(c2ccc(Cl)cc2)Cc2ccccc2C(=O)O1.Cl. The Hall–Kier alpha value is -1.55. The van der Waals surface area contributed by atoms with E-state index in [1.807, 2.05) is 62.6 Å². The number of nitrogens with zero attached hydrogens (tertiary/aromatic N) is 1. The molecule has 0 saturated carbocycles. The normalized spacial score (nSPS) is 19.4. The topological polar surface area (TPSA) is 29.5 Å². The monoisotopic (exact) mass is 365 g/mol. The fourth-order valence-corrected chi connectivity index (χ4v) is 3.18. The van der Waals surface area contributed by atoms with Crippen LogP contribution in [0.5, 0.6) is 0 Å². The Morgan fingerprint density at radius 2 is 1.79 bits per heavy atom. The summed E-state index contributed by atoms with van der Waals surface area (Å²) in [4.78, 5) is 14.6. The van der Waals surface area contributed by atoms with Gasteiger partial charge in [-0.25, -0.2) is 4.79 Å². The quantitative estimate of drug-likeness (QED) is 0.755. The smallest absolute Gasteiger partial charge is 0.339 e. The highest BCUT2D eigenvalue weighted by Gasteiger charge is 2.41. The molecule has 0 bridgehead atoms. The number of hydrogen-bond donors (Lipinski definition) is 0. The Kier molecular flexibility index (Phi) is 5.92. The molecule has 0 aromatic heterocycles. The van der Waals surface area contributed by atoms with E-state index in [0.29, 0.717) is 17.0 Å². The Balaban J connectivity index is 0.00000208. The third-order valence-corrected chi connectivity index (χ3v) is 4.59. The largest absolute Gasteiger partial charge is 0.450 e. The number of ether oxygens (including phenoxy) is 1. The average Bonchev–Trinajstić information content (AvgIpc) is 2.53. The first-order valence-electron chi connectivity index (χ1n) is 7.72. The van der Waals surface area contributed by atoms with Crippen molar-refractivity contribution in [2.45, 2.75) is 18.4 Å². The van der Waals surface area contributed by atoms with Crippen molar-refractivity contribution in [2.24, 2.45) is 0 Å². The molecular weight excluding hydrogens is 345 g/mol. The summed E-state index contributed by atoms with van der Waals surface area (Å²) in [7, 11) is 4.04. The van der Waals surface area contributed by atoms with Crippen LogP contribution in [0.4, 0.5) is 0 Å². The molecule has 2 aromatic carbocycles. The van der Waals surface area contributed by atoms with Gasteiger partial charge in [0.2, 0.25) is 0 Å². The summed E-state index contributed by atoms with van der Waals surface area (Å²) in [6, 6.07) is 15.3. The van der Waals surface area contributed by atoms with E-state index in [-0.39, 0.29) is 18.4 Å². The molecule has 24 heavy (non-hydrogen) atoms. The van der Waals surface area contributed by atoms with Crippen molar-refractivity contribution in [1.82, 2.24) is 4.90 Å². The third kappa shape index (κ3) is 3.75. The highest BCUT2D eigenvalue weighted by atomic mass is 35.5. The molecule has 3 rings (SSSR count). The molecule has 0 aliphatic carbocycles. The summed E-state index contributed by atoms with van der Waals surface area (Å²) in [6.07, 6.45) is 1.42. The minimum atomic E-state index is -0.639. The maximum absolute atomic E-state index is 12.5. The second-order valence-electron chi connectivity index (χ2n) is 6.28. The summed E-state index contributed by atoms with van der Waals surface area (Å²) in [6.45, 7) is 0.831. The predicted octanol–water partition coefficient (Wildman–Crippen LogP) is 4.32. The standard InChI is InChI=1S/C19H20ClNO2.ClH/c1-21(2)12-11-19(15-7-9-16(20)10-8-15)13-14-5-3-4-6-17(14)18(22)23-19;/h3-10H,11-13H2,1-2H3;1H. The van der Waals surface area contributed by atoms with E-state index in [1.54, 1.807) is 0 Å². The predicted molar refractivity (Wildman–Crippen MR) is 99.1 cm³/mol. The summed E-state index contributed by atoms with van der Waals surface area (Å²) < 4.78 is 5.97. The van der Waals surface area contributed by atoms with Crippen LogP contribution in [0.1, 0.15) is 27.9 Å². The lowest BCUT2D eigenvalue weighted by atomic mass is 9.81. The molecule has 128 valence electrons. The number of carbonyl (C=O) groups excluding carboxylic acids is 1. The molecular formula is C19H21Cl2NO2. The number of rotatable bonds is 4. The van der Waals surface area contributed by atoms with Gasteiger partial charge in [0.05, 0.1) is 5.56 Å².